The minimum atomic E-state index is 0.322. The van der Waals surface area contributed by atoms with E-state index in [1.807, 2.05) is 30.3 Å². The molecule has 0 aliphatic heterocycles. The predicted octanol–water partition coefficient (Wildman–Crippen LogP) is 6.50. The number of hydrogen-bond donors (Lipinski definition) is 1. The van der Waals surface area contributed by atoms with Crippen LogP contribution in [0.4, 0.5) is 0 Å². The van der Waals surface area contributed by atoms with Crippen LogP contribution in [0.3, 0.4) is 0 Å². The first-order chi connectivity index (χ1) is 11.7. The standard InChI is InChI=1S/C10H12.C7H8.C6H6O/c1-2-3-7-10-8-5-4-6-9-10;1-7-5-3-2-4-6-7;7-6-4-2-1-3-5-6/h3-9H,2H2,1H3;2-6H,1H3;1-5,7H. The van der Waals surface area contributed by atoms with E-state index >= 15 is 0 Å². The van der Waals surface area contributed by atoms with E-state index in [-0.39, 0.29) is 0 Å². The Bertz CT molecular complexity index is 621. The number of allylic oxidation sites excluding steroid dienone is 1. The molecule has 0 atom stereocenters. The highest BCUT2D eigenvalue weighted by Gasteiger charge is 1.79. The lowest BCUT2D eigenvalue weighted by Gasteiger charge is -1.88. The zero-order chi connectivity index (χ0) is 17.5. The summed E-state index contributed by atoms with van der Waals surface area (Å²) in [5.41, 5.74) is 2.60. The number of phenols is 1. The number of benzene rings is 3. The van der Waals surface area contributed by atoms with Gasteiger partial charge < -0.3 is 5.11 Å². The van der Waals surface area contributed by atoms with Gasteiger partial charge >= 0.3 is 0 Å². The fourth-order valence-electron chi connectivity index (χ4n) is 1.78. The average molecular weight is 318 g/mol. The zero-order valence-corrected chi connectivity index (χ0v) is 14.5. The van der Waals surface area contributed by atoms with Crippen molar-refractivity contribution in [2.24, 2.45) is 0 Å². The summed E-state index contributed by atoms with van der Waals surface area (Å²) in [5, 5.41) is 8.63. The maximum atomic E-state index is 8.63. The van der Waals surface area contributed by atoms with Gasteiger partial charge in [-0.25, -0.2) is 0 Å². The topological polar surface area (TPSA) is 20.2 Å². The molecule has 0 amide bonds. The van der Waals surface area contributed by atoms with Crippen LogP contribution >= 0.6 is 0 Å². The van der Waals surface area contributed by atoms with Crippen LogP contribution in [0.5, 0.6) is 5.75 Å². The summed E-state index contributed by atoms with van der Waals surface area (Å²) in [7, 11) is 0. The number of aromatic hydroxyl groups is 1. The fraction of sp³-hybridized carbons (Fsp3) is 0.130. The summed E-state index contributed by atoms with van der Waals surface area (Å²) in [6.07, 6.45) is 5.41. The van der Waals surface area contributed by atoms with Gasteiger partial charge in [0, 0.05) is 0 Å². The molecule has 1 nitrogen and oxygen atoms in total. The fourth-order valence-corrected chi connectivity index (χ4v) is 1.78. The first-order valence-electron chi connectivity index (χ1n) is 8.19. The number of aryl methyl sites for hydroxylation is 1. The molecule has 1 N–H and O–H groups in total. The van der Waals surface area contributed by atoms with Gasteiger partial charge in [0.2, 0.25) is 0 Å². The van der Waals surface area contributed by atoms with Crippen molar-refractivity contribution in [1.29, 1.82) is 0 Å². The summed E-state index contributed by atoms with van der Waals surface area (Å²) >= 11 is 0. The van der Waals surface area contributed by atoms with Crippen LogP contribution in [0.25, 0.3) is 6.08 Å². The molecule has 0 fully saturated rings. The van der Waals surface area contributed by atoms with Gasteiger partial charge in [-0.1, -0.05) is 104 Å². The SMILES string of the molecule is CCC=Cc1ccccc1.Cc1ccccc1.Oc1ccccc1. The summed E-state index contributed by atoms with van der Waals surface area (Å²) in [6, 6.07) is 29.3. The smallest absolute Gasteiger partial charge is 0.115 e. The van der Waals surface area contributed by atoms with E-state index in [4.69, 9.17) is 5.11 Å². The van der Waals surface area contributed by atoms with Crippen molar-refractivity contribution in [1.82, 2.24) is 0 Å². The second-order valence-corrected chi connectivity index (χ2v) is 5.21. The molecule has 24 heavy (non-hydrogen) atoms. The van der Waals surface area contributed by atoms with Gasteiger partial charge in [0.25, 0.3) is 0 Å². The molecule has 0 saturated heterocycles. The van der Waals surface area contributed by atoms with Gasteiger partial charge in [-0.2, -0.15) is 0 Å². The van der Waals surface area contributed by atoms with Crippen LogP contribution < -0.4 is 0 Å². The van der Waals surface area contributed by atoms with E-state index in [1.54, 1.807) is 24.3 Å². The Balaban J connectivity index is 0.000000185. The molecular formula is C23H26O. The molecule has 3 aromatic rings. The van der Waals surface area contributed by atoms with Crippen molar-refractivity contribution in [2.45, 2.75) is 20.3 Å². The molecule has 124 valence electrons. The van der Waals surface area contributed by atoms with Crippen molar-refractivity contribution in [3.63, 3.8) is 0 Å². The Morgan fingerprint density at radius 1 is 0.708 bits per heavy atom. The zero-order valence-electron chi connectivity index (χ0n) is 14.5. The van der Waals surface area contributed by atoms with Crippen molar-refractivity contribution in [3.8, 4) is 5.75 Å². The molecule has 0 aliphatic carbocycles. The molecule has 0 saturated carbocycles. The highest BCUT2D eigenvalue weighted by molar-refractivity contribution is 5.48. The lowest BCUT2D eigenvalue weighted by Crippen LogP contribution is -1.66. The van der Waals surface area contributed by atoms with E-state index in [1.165, 1.54) is 11.1 Å². The highest BCUT2D eigenvalue weighted by Crippen LogP contribution is 2.03. The van der Waals surface area contributed by atoms with E-state index in [2.05, 4.69) is 62.4 Å². The normalized spacial score (nSPS) is 9.42. The van der Waals surface area contributed by atoms with Crippen molar-refractivity contribution >= 4 is 6.08 Å². The third-order valence-corrected chi connectivity index (χ3v) is 3.04. The highest BCUT2D eigenvalue weighted by atomic mass is 16.3. The third-order valence-electron chi connectivity index (χ3n) is 3.04. The molecule has 0 radical (unpaired) electrons. The molecule has 3 aromatic carbocycles. The van der Waals surface area contributed by atoms with Crippen LogP contribution in [0, 0.1) is 6.92 Å². The Kier molecular flexibility index (Phi) is 10.2. The van der Waals surface area contributed by atoms with E-state index in [0.717, 1.165) is 6.42 Å². The van der Waals surface area contributed by atoms with Crippen LogP contribution in [-0.2, 0) is 0 Å². The van der Waals surface area contributed by atoms with Crippen LogP contribution in [0.15, 0.2) is 97.1 Å². The van der Waals surface area contributed by atoms with E-state index in [0.29, 0.717) is 5.75 Å². The molecular weight excluding hydrogens is 292 g/mol. The maximum Gasteiger partial charge on any atom is 0.115 e. The molecule has 0 unspecified atom stereocenters. The average Bonchev–Trinajstić information content (AvgIpc) is 2.63. The predicted molar refractivity (Wildman–Crippen MR) is 105 cm³/mol. The Morgan fingerprint density at radius 3 is 1.50 bits per heavy atom. The van der Waals surface area contributed by atoms with Gasteiger partial charge in [0.05, 0.1) is 0 Å². The van der Waals surface area contributed by atoms with Gasteiger partial charge in [-0.15, -0.1) is 0 Å². The Morgan fingerprint density at radius 2 is 1.17 bits per heavy atom. The monoisotopic (exact) mass is 318 g/mol. The van der Waals surface area contributed by atoms with Gasteiger partial charge in [0.15, 0.2) is 0 Å². The van der Waals surface area contributed by atoms with Gasteiger partial charge in [-0.05, 0) is 31.0 Å². The summed E-state index contributed by atoms with van der Waals surface area (Å²) < 4.78 is 0. The second kappa shape index (κ2) is 12.7. The summed E-state index contributed by atoms with van der Waals surface area (Å²) in [5.74, 6) is 0.322. The number of para-hydroxylation sites is 1. The minimum absolute atomic E-state index is 0.322. The molecule has 0 aromatic heterocycles. The van der Waals surface area contributed by atoms with Crippen molar-refractivity contribution in [2.75, 3.05) is 0 Å². The first-order valence-corrected chi connectivity index (χ1v) is 8.19. The summed E-state index contributed by atoms with van der Waals surface area (Å²) in [4.78, 5) is 0. The number of rotatable bonds is 2. The molecule has 0 aliphatic rings. The third kappa shape index (κ3) is 10.0. The second-order valence-electron chi connectivity index (χ2n) is 5.21. The maximum absolute atomic E-state index is 8.63. The van der Waals surface area contributed by atoms with Crippen LogP contribution in [-0.4, -0.2) is 5.11 Å². The van der Waals surface area contributed by atoms with Gasteiger partial charge in [-0.3, -0.25) is 0 Å². The van der Waals surface area contributed by atoms with E-state index in [9.17, 15) is 0 Å². The van der Waals surface area contributed by atoms with Crippen molar-refractivity contribution in [3.05, 3.63) is 108 Å². The van der Waals surface area contributed by atoms with Crippen LogP contribution in [0.1, 0.15) is 24.5 Å². The first kappa shape index (κ1) is 19.2. The Labute approximate surface area is 145 Å². The Hall–Kier alpha value is -2.80. The summed E-state index contributed by atoms with van der Waals surface area (Å²) in [6.45, 7) is 4.22. The molecule has 1 heteroatoms. The molecule has 0 bridgehead atoms. The lowest BCUT2D eigenvalue weighted by molar-refractivity contribution is 0.475. The lowest BCUT2D eigenvalue weighted by atomic mass is 10.2. The molecule has 3 rings (SSSR count). The number of phenolic OH excluding ortho intramolecular Hbond substituents is 1. The molecule has 0 spiro atoms. The molecule has 0 heterocycles. The number of hydrogen-bond acceptors (Lipinski definition) is 1. The van der Waals surface area contributed by atoms with Crippen molar-refractivity contribution < 1.29 is 5.11 Å². The van der Waals surface area contributed by atoms with Gasteiger partial charge in [0.1, 0.15) is 5.75 Å². The largest absolute Gasteiger partial charge is 0.508 e. The van der Waals surface area contributed by atoms with E-state index < -0.39 is 0 Å². The minimum Gasteiger partial charge on any atom is -0.508 e. The quantitative estimate of drug-likeness (QED) is 0.572. The van der Waals surface area contributed by atoms with Crippen LogP contribution in [0.2, 0.25) is 0 Å².